The zero-order valence-corrected chi connectivity index (χ0v) is 11.0. The summed E-state index contributed by atoms with van der Waals surface area (Å²) in [6, 6.07) is 9.00. The van der Waals surface area contributed by atoms with Crippen LogP contribution in [-0.4, -0.2) is 25.1 Å². The van der Waals surface area contributed by atoms with Gasteiger partial charge in [0, 0.05) is 12.8 Å². The summed E-state index contributed by atoms with van der Waals surface area (Å²) in [4.78, 5) is 33.9. The summed E-state index contributed by atoms with van der Waals surface area (Å²) in [7, 11) is 0. The van der Waals surface area contributed by atoms with Gasteiger partial charge >= 0.3 is 5.97 Å². The summed E-state index contributed by atoms with van der Waals surface area (Å²) in [5.41, 5.74) is -0.345. The Hall–Kier alpha value is -1.97. The van der Waals surface area contributed by atoms with E-state index < -0.39 is 11.4 Å². The third-order valence-electron chi connectivity index (χ3n) is 3.11. The number of ether oxygens (including phenoxy) is 1. The van der Waals surface area contributed by atoms with Crippen LogP contribution in [0.1, 0.15) is 31.7 Å². The maximum atomic E-state index is 12.3. The molecule has 0 saturated carbocycles. The van der Waals surface area contributed by atoms with Crippen molar-refractivity contribution >= 4 is 18.5 Å². The molecule has 0 aliphatic carbocycles. The van der Waals surface area contributed by atoms with E-state index in [4.69, 9.17) is 4.74 Å². The Morgan fingerprint density at radius 3 is 2.42 bits per heavy atom. The standard InChI is InChI=1S/C15H18O4/c1-2-19-14(18)15(10-12-17,9-6-11-16)13-7-4-3-5-8-13/h3-5,7-8,11-12H,2,6,9-10H2,1H3/t15-/m0/s1. The molecule has 0 aliphatic heterocycles. The van der Waals surface area contributed by atoms with Crippen molar-refractivity contribution in [2.45, 2.75) is 31.6 Å². The Morgan fingerprint density at radius 2 is 1.89 bits per heavy atom. The molecule has 4 nitrogen and oxygen atoms in total. The molecule has 1 rings (SSSR count). The van der Waals surface area contributed by atoms with Gasteiger partial charge in [0.25, 0.3) is 0 Å². The highest BCUT2D eigenvalue weighted by Crippen LogP contribution is 2.33. The Kier molecular flexibility index (Phi) is 5.93. The van der Waals surface area contributed by atoms with Gasteiger partial charge in [-0.3, -0.25) is 4.79 Å². The summed E-state index contributed by atoms with van der Waals surface area (Å²) in [6.07, 6.45) is 1.96. The van der Waals surface area contributed by atoms with E-state index in [1.54, 1.807) is 31.2 Å². The smallest absolute Gasteiger partial charge is 0.317 e. The van der Waals surface area contributed by atoms with E-state index in [-0.39, 0.29) is 25.9 Å². The number of rotatable bonds is 8. The zero-order chi connectivity index (χ0) is 14.1. The van der Waals surface area contributed by atoms with Crippen LogP contribution in [0.5, 0.6) is 0 Å². The lowest BCUT2D eigenvalue weighted by molar-refractivity contribution is -0.151. The molecule has 0 aromatic heterocycles. The number of esters is 1. The topological polar surface area (TPSA) is 60.4 Å². The summed E-state index contributed by atoms with van der Waals surface area (Å²) >= 11 is 0. The lowest BCUT2D eigenvalue weighted by Crippen LogP contribution is -2.38. The van der Waals surface area contributed by atoms with Crippen molar-refractivity contribution < 1.29 is 19.1 Å². The van der Waals surface area contributed by atoms with Crippen molar-refractivity contribution in [1.82, 2.24) is 0 Å². The predicted octanol–water partition coefficient (Wildman–Crippen LogP) is 2.06. The number of carbonyl (C=O) groups excluding carboxylic acids is 3. The largest absolute Gasteiger partial charge is 0.465 e. The maximum Gasteiger partial charge on any atom is 0.317 e. The van der Waals surface area contributed by atoms with Crippen molar-refractivity contribution in [2.75, 3.05) is 6.61 Å². The van der Waals surface area contributed by atoms with Crippen molar-refractivity contribution in [3.05, 3.63) is 35.9 Å². The molecule has 0 fully saturated rings. The molecule has 0 aliphatic rings. The third-order valence-corrected chi connectivity index (χ3v) is 3.11. The molecule has 4 heteroatoms. The highest BCUT2D eigenvalue weighted by Gasteiger charge is 2.40. The normalized spacial score (nSPS) is 13.3. The summed E-state index contributed by atoms with van der Waals surface area (Å²) in [6.45, 7) is 1.96. The quantitative estimate of drug-likeness (QED) is 0.531. The Balaban J connectivity index is 3.21. The van der Waals surface area contributed by atoms with Gasteiger partial charge in [-0.15, -0.1) is 0 Å². The molecule has 0 radical (unpaired) electrons. The monoisotopic (exact) mass is 262 g/mol. The van der Waals surface area contributed by atoms with E-state index in [1.807, 2.05) is 6.07 Å². The van der Waals surface area contributed by atoms with E-state index in [1.165, 1.54) is 0 Å². The lowest BCUT2D eigenvalue weighted by atomic mass is 9.74. The van der Waals surface area contributed by atoms with Crippen LogP contribution in [-0.2, 0) is 24.5 Å². The first-order valence-corrected chi connectivity index (χ1v) is 6.31. The first-order chi connectivity index (χ1) is 9.21. The SMILES string of the molecule is CCOC(=O)[C@](CC=O)(CCC=O)c1ccccc1. The van der Waals surface area contributed by atoms with E-state index in [2.05, 4.69) is 0 Å². The number of benzene rings is 1. The molecule has 1 aromatic rings. The van der Waals surface area contributed by atoms with Crippen LogP contribution in [0, 0.1) is 0 Å². The van der Waals surface area contributed by atoms with E-state index in [0.29, 0.717) is 11.8 Å². The van der Waals surface area contributed by atoms with Crippen molar-refractivity contribution in [3.63, 3.8) is 0 Å². The first kappa shape index (κ1) is 15.1. The van der Waals surface area contributed by atoms with Crippen molar-refractivity contribution in [3.8, 4) is 0 Å². The molecule has 0 saturated heterocycles. The molecule has 0 amide bonds. The molecule has 102 valence electrons. The molecule has 0 unspecified atom stereocenters. The van der Waals surface area contributed by atoms with Gasteiger partial charge in [0.2, 0.25) is 0 Å². The zero-order valence-electron chi connectivity index (χ0n) is 11.0. The van der Waals surface area contributed by atoms with Gasteiger partial charge in [-0.25, -0.2) is 0 Å². The second kappa shape index (κ2) is 7.46. The summed E-state index contributed by atoms with van der Waals surface area (Å²) < 4.78 is 5.10. The first-order valence-electron chi connectivity index (χ1n) is 6.31. The van der Waals surface area contributed by atoms with Crippen LogP contribution in [0.2, 0.25) is 0 Å². The molecule has 0 spiro atoms. The van der Waals surface area contributed by atoms with Crippen LogP contribution in [0.15, 0.2) is 30.3 Å². The van der Waals surface area contributed by atoms with Gasteiger partial charge in [0.1, 0.15) is 12.6 Å². The summed E-state index contributed by atoms with van der Waals surface area (Å²) in [5, 5.41) is 0. The summed E-state index contributed by atoms with van der Waals surface area (Å²) in [5.74, 6) is -0.449. The van der Waals surface area contributed by atoms with Gasteiger partial charge < -0.3 is 14.3 Å². The minimum Gasteiger partial charge on any atom is -0.465 e. The fourth-order valence-electron chi connectivity index (χ4n) is 2.14. The van der Waals surface area contributed by atoms with Crippen molar-refractivity contribution in [2.24, 2.45) is 0 Å². The third kappa shape index (κ3) is 3.50. The van der Waals surface area contributed by atoms with Gasteiger partial charge in [0.15, 0.2) is 0 Å². The Morgan fingerprint density at radius 1 is 1.21 bits per heavy atom. The fraction of sp³-hybridized carbons (Fsp3) is 0.400. The van der Waals surface area contributed by atoms with Crippen molar-refractivity contribution in [1.29, 1.82) is 0 Å². The van der Waals surface area contributed by atoms with Crippen LogP contribution >= 0.6 is 0 Å². The van der Waals surface area contributed by atoms with E-state index in [0.717, 1.165) is 6.29 Å². The Labute approximate surface area is 112 Å². The molecule has 1 aromatic carbocycles. The highest BCUT2D eigenvalue weighted by molar-refractivity contribution is 5.86. The number of hydrogen-bond acceptors (Lipinski definition) is 4. The second-order valence-corrected chi connectivity index (χ2v) is 4.24. The molecule has 19 heavy (non-hydrogen) atoms. The van der Waals surface area contributed by atoms with Crippen LogP contribution in [0.4, 0.5) is 0 Å². The molecule has 0 N–H and O–H groups in total. The molecule has 0 bridgehead atoms. The van der Waals surface area contributed by atoms with Gasteiger partial charge in [-0.1, -0.05) is 30.3 Å². The van der Waals surface area contributed by atoms with Gasteiger partial charge in [0.05, 0.1) is 12.0 Å². The van der Waals surface area contributed by atoms with Crippen LogP contribution in [0.25, 0.3) is 0 Å². The van der Waals surface area contributed by atoms with Gasteiger partial charge in [-0.2, -0.15) is 0 Å². The lowest BCUT2D eigenvalue weighted by Gasteiger charge is -2.29. The second-order valence-electron chi connectivity index (χ2n) is 4.24. The van der Waals surface area contributed by atoms with Crippen LogP contribution < -0.4 is 0 Å². The van der Waals surface area contributed by atoms with Crippen LogP contribution in [0.3, 0.4) is 0 Å². The fourth-order valence-corrected chi connectivity index (χ4v) is 2.14. The average Bonchev–Trinajstić information content (AvgIpc) is 2.44. The average molecular weight is 262 g/mol. The highest BCUT2D eigenvalue weighted by atomic mass is 16.5. The number of aldehydes is 2. The minimum atomic E-state index is -1.06. The van der Waals surface area contributed by atoms with E-state index >= 15 is 0 Å². The predicted molar refractivity (Wildman–Crippen MR) is 70.7 cm³/mol. The minimum absolute atomic E-state index is 0.0175. The number of hydrogen-bond donors (Lipinski definition) is 0. The molecule has 1 atom stereocenters. The molecular weight excluding hydrogens is 244 g/mol. The molecule has 0 heterocycles. The van der Waals surface area contributed by atoms with E-state index in [9.17, 15) is 14.4 Å². The Bertz CT molecular complexity index is 427. The number of carbonyl (C=O) groups is 3. The maximum absolute atomic E-state index is 12.3. The van der Waals surface area contributed by atoms with Gasteiger partial charge in [-0.05, 0) is 18.9 Å². The molecular formula is C15H18O4.